The van der Waals surface area contributed by atoms with Gasteiger partial charge in [0.15, 0.2) is 0 Å². The van der Waals surface area contributed by atoms with E-state index < -0.39 is 13.0 Å². The lowest BCUT2D eigenvalue weighted by atomic mass is 10.0. The van der Waals surface area contributed by atoms with Gasteiger partial charge in [0.1, 0.15) is 0 Å². The molecule has 0 aromatic carbocycles. The Morgan fingerprint density at radius 3 is 2.64 bits per heavy atom. The molecule has 0 unspecified atom stereocenters. The van der Waals surface area contributed by atoms with Crippen molar-refractivity contribution in [3.05, 3.63) is 28.6 Å². The maximum atomic E-state index is 12.6. The normalized spacial score (nSPS) is 11.0. The summed E-state index contributed by atoms with van der Waals surface area (Å²) in [5.74, 6) is 0.00102. The van der Waals surface area contributed by atoms with E-state index in [9.17, 15) is 8.78 Å². The topological polar surface area (TPSA) is 33.1 Å². The number of aliphatic hydroxyl groups is 1. The number of aliphatic hydroxyl groups excluding tert-OH is 1. The van der Waals surface area contributed by atoms with Gasteiger partial charge in [-0.25, -0.2) is 8.78 Å². The zero-order valence-electron chi connectivity index (χ0n) is 7.60. The Morgan fingerprint density at radius 1 is 1.57 bits per heavy atom. The van der Waals surface area contributed by atoms with Crippen molar-refractivity contribution < 1.29 is 13.9 Å². The minimum absolute atomic E-state index is 0.00102. The number of rotatable bonds is 3. The van der Waals surface area contributed by atoms with Crippen LogP contribution in [0.15, 0.2) is 6.20 Å². The number of aryl methyl sites for hydroxylation is 1. The van der Waals surface area contributed by atoms with Crippen LogP contribution in [0.3, 0.4) is 0 Å². The molecule has 5 heteroatoms. The van der Waals surface area contributed by atoms with Crippen LogP contribution in [0.5, 0.6) is 0 Å². The number of nitrogens with zero attached hydrogens (tertiary/aromatic N) is 1. The molecule has 0 aliphatic heterocycles. The van der Waals surface area contributed by atoms with Crippen LogP contribution in [0.25, 0.3) is 0 Å². The molecule has 0 saturated heterocycles. The van der Waals surface area contributed by atoms with E-state index in [2.05, 4.69) is 4.98 Å². The van der Waals surface area contributed by atoms with Gasteiger partial charge >= 0.3 is 0 Å². The Kier molecular flexibility index (Phi) is 3.77. The van der Waals surface area contributed by atoms with Gasteiger partial charge in [-0.3, -0.25) is 4.98 Å². The highest BCUT2D eigenvalue weighted by atomic mass is 35.5. The zero-order chi connectivity index (χ0) is 10.7. The number of halogens is 3. The summed E-state index contributed by atoms with van der Waals surface area (Å²) in [6.45, 7) is 1.17. The van der Waals surface area contributed by atoms with Gasteiger partial charge in [0.2, 0.25) is 0 Å². The van der Waals surface area contributed by atoms with Crippen molar-refractivity contribution in [2.24, 2.45) is 0 Å². The molecule has 0 radical (unpaired) electrons. The third-order valence-electron chi connectivity index (χ3n) is 2.03. The smallest absolute Gasteiger partial charge is 0.266 e. The molecular weight excluding hydrogens is 212 g/mol. The third kappa shape index (κ3) is 2.01. The summed E-state index contributed by atoms with van der Waals surface area (Å²) in [4.78, 5) is 3.74. The molecule has 0 spiro atoms. The second-order valence-electron chi connectivity index (χ2n) is 2.87. The fourth-order valence-corrected chi connectivity index (χ4v) is 1.62. The van der Waals surface area contributed by atoms with Gasteiger partial charge in [0.25, 0.3) is 6.43 Å². The summed E-state index contributed by atoms with van der Waals surface area (Å²) >= 11 is 5.57. The molecule has 0 fully saturated rings. The average Bonchev–Trinajstić information content (AvgIpc) is 2.17. The number of hydrogen-bond donors (Lipinski definition) is 1. The molecule has 14 heavy (non-hydrogen) atoms. The lowest BCUT2D eigenvalue weighted by Gasteiger charge is -2.12. The molecule has 2 nitrogen and oxygen atoms in total. The van der Waals surface area contributed by atoms with Crippen molar-refractivity contribution in [1.82, 2.24) is 4.98 Å². The molecular formula is C9H10ClF2NO. The Bertz CT molecular complexity index is 331. The van der Waals surface area contributed by atoms with Gasteiger partial charge in [-0.2, -0.15) is 0 Å². The van der Waals surface area contributed by atoms with E-state index in [1.165, 1.54) is 6.20 Å². The summed E-state index contributed by atoms with van der Waals surface area (Å²) in [5, 5.41) is 8.84. The van der Waals surface area contributed by atoms with Gasteiger partial charge in [0.05, 0.1) is 12.3 Å². The highest BCUT2D eigenvalue weighted by Gasteiger charge is 2.19. The van der Waals surface area contributed by atoms with Crippen molar-refractivity contribution in [2.45, 2.75) is 25.8 Å². The summed E-state index contributed by atoms with van der Waals surface area (Å²) in [6, 6.07) is 0. The number of hydrogen-bond acceptors (Lipinski definition) is 2. The molecule has 1 rings (SSSR count). The minimum Gasteiger partial charge on any atom is -0.390 e. The SMILES string of the molecule is Cc1cnc(CO)c(C(F)F)c1CCl. The predicted octanol–water partition coefficient (Wildman–Crippen LogP) is 2.56. The van der Waals surface area contributed by atoms with E-state index in [1.54, 1.807) is 6.92 Å². The highest BCUT2D eigenvalue weighted by Crippen LogP contribution is 2.28. The molecule has 0 bridgehead atoms. The van der Waals surface area contributed by atoms with Gasteiger partial charge < -0.3 is 5.11 Å². The Balaban J connectivity index is 3.36. The van der Waals surface area contributed by atoms with Crippen molar-refractivity contribution in [2.75, 3.05) is 0 Å². The van der Waals surface area contributed by atoms with E-state index in [0.29, 0.717) is 11.1 Å². The molecule has 0 saturated carbocycles. The molecule has 0 amide bonds. The first kappa shape index (κ1) is 11.3. The Morgan fingerprint density at radius 2 is 2.21 bits per heavy atom. The largest absolute Gasteiger partial charge is 0.390 e. The quantitative estimate of drug-likeness (QED) is 0.796. The summed E-state index contributed by atoms with van der Waals surface area (Å²) in [6.07, 6.45) is -1.21. The Hall–Kier alpha value is -0.740. The van der Waals surface area contributed by atoms with Gasteiger partial charge in [-0.15, -0.1) is 11.6 Å². The van der Waals surface area contributed by atoms with E-state index >= 15 is 0 Å². The lowest BCUT2D eigenvalue weighted by molar-refractivity contribution is 0.145. The van der Waals surface area contributed by atoms with Crippen LogP contribution in [0.4, 0.5) is 8.78 Å². The lowest BCUT2D eigenvalue weighted by Crippen LogP contribution is -2.04. The van der Waals surface area contributed by atoms with Crippen molar-refractivity contribution in [1.29, 1.82) is 0 Å². The molecule has 1 heterocycles. The first-order chi connectivity index (χ1) is 6.61. The van der Waals surface area contributed by atoms with Crippen molar-refractivity contribution in [3.8, 4) is 0 Å². The predicted molar refractivity (Wildman–Crippen MR) is 49.4 cm³/mol. The number of pyridine rings is 1. The second-order valence-corrected chi connectivity index (χ2v) is 3.14. The van der Waals surface area contributed by atoms with Crippen LogP contribution in [0, 0.1) is 6.92 Å². The molecule has 0 aliphatic carbocycles. The number of aromatic nitrogens is 1. The average molecular weight is 222 g/mol. The fraction of sp³-hybridized carbons (Fsp3) is 0.444. The molecule has 78 valence electrons. The van der Waals surface area contributed by atoms with Crippen molar-refractivity contribution >= 4 is 11.6 Å². The molecule has 0 aliphatic rings. The van der Waals surface area contributed by atoms with Crippen LogP contribution in [-0.4, -0.2) is 10.1 Å². The van der Waals surface area contributed by atoms with Crippen LogP contribution >= 0.6 is 11.6 Å². The maximum Gasteiger partial charge on any atom is 0.266 e. The fourth-order valence-electron chi connectivity index (χ4n) is 1.27. The molecule has 1 aromatic rings. The monoisotopic (exact) mass is 221 g/mol. The molecule has 1 N–H and O–H groups in total. The first-order valence-electron chi connectivity index (χ1n) is 4.04. The van der Waals surface area contributed by atoms with Crippen LogP contribution < -0.4 is 0 Å². The third-order valence-corrected chi connectivity index (χ3v) is 2.29. The Labute approximate surface area is 85.5 Å². The van der Waals surface area contributed by atoms with Crippen LogP contribution in [-0.2, 0) is 12.5 Å². The van der Waals surface area contributed by atoms with E-state index in [0.717, 1.165) is 0 Å². The summed E-state index contributed by atoms with van der Waals surface area (Å²) in [7, 11) is 0. The summed E-state index contributed by atoms with van der Waals surface area (Å²) < 4.78 is 25.3. The van der Waals surface area contributed by atoms with Gasteiger partial charge in [0, 0.05) is 17.6 Å². The van der Waals surface area contributed by atoms with Crippen LogP contribution in [0.2, 0.25) is 0 Å². The van der Waals surface area contributed by atoms with Crippen LogP contribution in [0.1, 0.15) is 28.8 Å². The first-order valence-corrected chi connectivity index (χ1v) is 4.57. The second kappa shape index (κ2) is 4.66. The molecule has 1 aromatic heterocycles. The standard InChI is InChI=1S/C9H10ClF2NO/c1-5-3-13-7(4-14)8(9(11)12)6(5)2-10/h3,9,14H,2,4H2,1H3. The van der Waals surface area contributed by atoms with Gasteiger partial charge in [-0.1, -0.05) is 0 Å². The van der Waals surface area contributed by atoms with E-state index in [-0.39, 0.29) is 17.1 Å². The van der Waals surface area contributed by atoms with Gasteiger partial charge in [-0.05, 0) is 18.1 Å². The van der Waals surface area contributed by atoms with E-state index in [4.69, 9.17) is 16.7 Å². The van der Waals surface area contributed by atoms with Crippen molar-refractivity contribution in [3.63, 3.8) is 0 Å². The minimum atomic E-state index is -2.65. The zero-order valence-corrected chi connectivity index (χ0v) is 8.35. The highest BCUT2D eigenvalue weighted by molar-refractivity contribution is 6.17. The molecule has 0 atom stereocenters. The summed E-state index contributed by atoms with van der Waals surface area (Å²) in [5.41, 5.74) is 0.747. The number of alkyl halides is 3. The maximum absolute atomic E-state index is 12.6. The van der Waals surface area contributed by atoms with E-state index in [1.807, 2.05) is 0 Å².